The molecule has 6 nitrogen and oxygen atoms in total. The summed E-state index contributed by atoms with van der Waals surface area (Å²) in [5.74, 6) is -3.35. The third-order valence-electron chi connectivity index (χ3n) is 2.53. The molecular formula is C10H8F4N2O4. The van der Waals surface area contributed by atoms with E-state index in [-0.39, 0.29) is 6.92 Å². The SMILES string of the molecule is CC(Nc1cc(F)ccc1[N+](=O)[O-])(C(=O)O)C(F)(F)F. The second-order valence-electron chi connectivity index (χ2n) is 3.97. The van der Waals surface area contributed by atoms with Crippen molar-refractivity contribution in [3.05, 3.63) is 34.1 Å². The van der Waals surface area contributed by atoms with Crippen LogP contribution in [-0.2, 0) is 4.79 Å². The smallest absolute Gasteiger partial charge is 0.422 e. The quantitative estimate of drug-likeness (QED) is 0.506. The van der Waals surface area contributed by atoms with Crippen LogP contribution < -0.4 is 5.32 Å². The molecule has 0 saturated carbocycles. The van der Waals surface area contributed by atoms with Gasteiger partial charge < -0.3 is 10.4 Å². The van der Waals surface area contributed by atoms with E-state index >= 15 is 0 Å². The first-order valence-electron chi connectivity index (χ1n) is 5.01. The molecule has 0 heterocycles. The number of carboxylic acid groups (broad SMARTS) is 1. The summed E-state index contributed by atoms with van der Waals surface area (Å²) in [6.07, 6.45) is -5.25. The topological polar surface area (TPSA) is 92.5 Å². The van der Waals surface area contributed by atoms with Crippen molar-refractivity contribution in [1.82, 2.24) is 0 Å². The Hall–Kier alpha value is -2.39. The molecule has 0 fully saturated rings. The van der Waals surface area contributed by atoms with Crippen LogP contribution in [0.5, 0.6) is 0 Å². The fraction of sp³-hybridized carbons (Fsp3) is 0.300. The minimum Gasteiger partial charge on any atom is -0.479 e. The van der Waals surface area contributed by atoms with Gasteiger partial charge in [0.25, 0.3) is 5.69 Å². The van der Waals surface area contributed by atoms with Gasteiger partial charge in [-0.15, -0.1) is 0 Å². The molecule has 2 N–H and O–H groups in total. The number of anilines is 1. The van der Waals surface area contributed by atoms with Crippen LogP contribution in [-0.4, -0.2) is 27.7 Å². The zero-order valence-electron chi connectivity index (χ0n) is 9.86. The lowest BCUT2D eigenvalue weighted by Crippen LogP contribution is -2.55. The van der Waals surface area contributed by atoms with Crippen LogP contribution in [0.2, 0.25) is 0 Å². The van der Waals surface area contributed by atoms with Crippen LogP contribution >= 0.6 is 0 Å². The van der Waals surface area contributed by atoms with Crippen LogP contribution in [0.4, 0.5) is 28.9 Å². The molecule has 0 aromatic heterocycles. The number of hydrogen-bond donors (Lipinski definition) is 2. The summed E-state index contributed by atoms with van der Waals surface area (Å²) in [6.45, 7) is 0.282. The van der Waals surface area contributed by atoms with Crippen LogP contribution in [0.1, 0.15) is 6.92 Å². The maximum Gasteiger partial charge on any atom is 0.422 e. The number of nitrogens with one attached hydrogen (secondary N) is 1. The van der Waals surface area contributed by atoms with Crippen molar-refractivity contribution in [2.75, 3.05) is 5.32 Å². The molecule has 0 aliphatic rings. The average molecular weight is 296 g/mol. The average Bonchev–Trinajstić information content (AvgIpc) is 2.26. The number of alkyl halides is 3. The van der Waals surface area contributed by atoms with Crippen LogP contribution in [0, 0.1) is 15.9 Å². The minimum atomic E-state index is -5.25. The van der Waals surface area contributed by atoms with Gasteiger partial charge in [0.15, 0.2) is 0 Å². The van der Waals surface area contributed by atoms with Crippen molar-refractivity contribution in [3.63, 3.8) is 0 Å². The van der Waals surface area contributed by atoms with E-state index in [2.05, 4.69) is 0 Å². The highest BCUT2D eigenvalue weighted by atomic mass is 19.4. The molecule has 0 radical (unpaired) electrons. The number of nitro groups is 1. The highest BCUT2D eigenvalue weighted by molar-refractivity contribution is 5.84. The summed E-state index contributed by atoms with van der Waals surface area (Å²) in [7, 11) is 0. The predicted molar refractivity (Wildman–Crippen MR) is 58.8 cm³/mol. The standard InChI is InChI=1S/C10H8F4N2O4/c1-9(8(17)18,10(12,13)14)15-6-4-5(11)2-3-7(6)16(19)20/h2-4,15H,1H3,(H,17,18). The number of nitro benzene ring substituents is 1. The van der Waals surface area contributed by atoms with Crippen molar-refractivity contribution in [1.29, 1.82) is 0 Å². The molecule has 0 bridgehead atoms. The van der Waals surface area contributed by atoms with E-state index in [4.69, 9.17) is 5.11 Å². The van der Waals surface area contributed by atoms with Gasteiger partial charge in [-0.05, 0) is 13.0 Å². The fourth-order valence-electron chi connectivity index (χ4n) is 1.28. The molecule has 0 amide bonds. The zero-order chi connectivity index (χ0) is 15.7. The number of halogens is 4. The van der Waals surface area contributed by atoms with Crippen molar-refractivity contribution < 1.29 is 32.4 Å². The van der Waals surface area contributed by atoms with E-state index in [0.29, 0.717) is 18.2 Å². The first-order valence-corrected chi connectivity index (χ1v) is 5.01. The minimum absolute atomic E-state index is 0.282. The van der Waals surface area contributed by atoms with Gasteiger partial charge in [-0.3, -0.25) is 10.1 Å². The van der Waals surface area contributed by atoms with Crippen molar-refractivity contribution in [2.45, 2.75) is 18.6 Å². The normalized spacial score (nSPS) is 14.4. The zero-order valence-corrected chi connectivity index (χ0v) is 9.86. The fourth-order valence-corrected chi connectivity index (χ4v) is 1.28. The Kier molecular flexibility index (Phi) is 3.87. The lowest BCUT2D eigenvalue weighted by atomic mass is 10.0. The Morgan fingerprint density at radius 1 is 1.40 bits per heavy atom. The second-order valence-corrected chi connectivity index (χ2v) is 3.97. The third kappa shape index (κ3) is 2.78. The summed E-state index contributed by atoms with van der Waals surface area (Å²) in [4.78, 5) is 20.4. The van der Waals surface area contributed by atoms with Gasteiger partial charge in [-0.25, -0.2) is 9.18 Å². The first-order chi connectivity index (χ1) is 8.99. The summed E-state index contributed by atoms with van der Waals surface area (Å²) in [6, 6.07) is 1.73. The van der Waals surface area contributed by atoms with Crippen LogP contribution in [0.15, 0.2) is 18.2 Å². The van der Waals surface area contributed by atoms with Gasteiger partial charge in [0, 0.05) is 12.1 Å². The highest BCUT2D eigenvalue weighted by Gasteiger charge is 2.58. The summed E-state index contributed by atoms with van der Waals surface area (Å²) in [5.41, 5.74) is -5.24. The van der Waals surface area contributed by atoms with E-state index in [9.17, 15) is 32.5 Å². The first kappa shape index (κ1) is 15.7. The number of benzene rings is 1. The molecule has 110 valence electrons. The monoisotopic (exact) mass is 296 g/mol. The summed E-state index contributed by atoms with van der Waals surface area (Å²) < 4.78 is 51.3. The molecular weight excluding hydrogens is 288 g/mol. The number of rotatable bonds is 4. The third-order valence-corrected chi connectivity index (χ3v) is 2.53. The van der Waals surface area contributed by atoms with Gasteiger partial charge in [0.1, 0.15) is 11.5 Å². The van der Waals surface area contributed by atoms with E-state index in [0.717, 1.165) is 0 Å². The summed E-state index contributed by atoms with van der Waals surface area (Å²) in [5, 5.41) is 20.8. The molecule has 1 rings (SSSR count). The van der Waals surface area contributed by atoms with Gasteiger partial charge in [-0.1, -0.05) is 0 Å². The van der Waals surface area contributed by atoms with Crippen LogP contribution in [0.25, 0.3) is 0 Å². The number of hydrogen-bond acceptors (Lipinski definition) is 4. The van der Waals surface area contributed by atoms with E-state index in [1.807, 2.05) is 0 Å². The second kappa shape index (κ2) is 4.94. The molecule has 1 atom stereocenters. The molecule has 1 aromatic rings. The Morgan fingerprint density at radius 2 is 1.95 bits per heavy atom. The Bertz CT molecular complexity index is 561. The Balaban J connectivity index is 3.36. The Morgan fingerprint density at radius 3 is 2.35 bits per heavy atom. The number of carbonyl (C=O) groups is 1. The van der Waals surface area contributed by atoms with E-state index < -0.39 is 39.8 Å². The molecule has 0 aliphatic heterocycles. The molecule has 0 saturated heterocycles. The number of nitrogens with zero attached hydrogens (tertiary/aromatic N) is 1. The lowest BCUT2D eigenvalue weighted by Gasteiger charge is -2.29. The van der Waals surface area contributed by atoms with Crippen LogP contribution in [0.3, 0.4) is 0 Å². The van der Waals surface area contributed by atoms with E-state index in [1.54, 1.807) is 0 Å². The van der Waals surface area contributed by atoms with Gasteiger partial charge in [0.05, 0.1) is 4.92 Å². The van der Waals surface area contributed by atoms with Crippen molar-refractivity contribution in [3.8, 4) is 0 Å². The largest absolute Gasteiger partial charge is 0.479 e. The van der Waals surface area contributed by atoms with Gasteiger partial charge in [0.2, 0.25) is 5.54 Å². The molecule has 0 aliphatic carbocycles. The molecule has 1 unspecified atom stereocenters. The molecule has 20 heavy (non-hydrogen) atoms. The highest BCUT2D eigenvalue weighted by Crippen LogP contribution is 2.36. The maximum atomic E-state index is 13.0. The number of aliphatic carboxylic acids is 1. The number of carboxylic acids is 1. The predicted octanol–water partition coefficient (Wildman–Crippen LogP) is 2.55. The van der Waals surface area contributed by atoms with Gasteiger partial charge in [-0.2, -0.15) is 13.2 Å². The molecule has 0 spiro atoms. The Labute approximate surface area is 109 Å². The molecule has 1 aromatic carbocycles. The van der Waals surface area contributed by atoms with Crippen molar-refractivity contribution in [2.24, 2.45) is 0 Å². The van der Waals surface area contributed by atoms with Gasteiger partial charge >= 0.3 is 12.1 Å². The van der Waals surface area contributed by atoms with E-state index in [1.165, 1.54) is 5.32 Å². The molecule has 10 heteroatoms. The van der Waals surface area contributed by atoms with Crippen molar-refractivity contribution >= 4 is 17.3 Å². The summed E-state index contributed by atoms with van der Waals surface area (Å²) >= 11 is 0. The lowest BCUT2D eigenvalue weighted by molar-refractivity contribution is -0.384. The maximum absolute atomic E-state index is 13.0.